The number of rotatable bonds is 6. The molecule has 0 fully saturated rings. The van der Waals surface area contributed by atoms with Gasteiger partial charge in [0.25, 0.3) is 5.91 Å². The van der Waals surface area contributed by atoms with Gasteiger partial charge < -0.3 is 10.1 Å². The van der Waals surface area contributed by atoms with Crippen molar-refractivity contribution in [2.24, 2.45) is 0 Å². The van der Waals surface area contributed by atoms with E-state index in [0.717, 1.165) is 41.2 Å². The summed E-state index contributed by atoms with van der Waals surface area (Å²) in [5, 5.41) is 7.74. The van der Waals surface area contributed by atoms with E-state index in [-0.39, 0.29) is 11.9 Å². The van der Waals surface area contributed by atoms with E-state index in [1.807, 2.05) is 54.9 Å². The number of amides is 1. The Balaban J connectivity index is 1.50. The van der Waals surface area contributed by atoms with E-state index in [0.29, 0.717) is 18.4 Å². The summed E-state index contributed by atoms with van der Waals surface area (Å²) in [7, 11) is 1.40. The molecule has 32 heavy (non-hydrogen) atoms. The third-order valence-corrected chi connectivity index (χ3v) is 6.27. The molecule has 1 N–H and O–H groups in total. The molecular weight excluding hydrogens is 402 g/mol. The standard InChI is InChI=1S/C26H29N3O3/c1-17-22(15-16-25(30)32-3)18(2)29(28-17)21-13-11-20(12-14-21)26(31)27-24-10-6-8-19-7-4-5-9-23(19)24/h6,8,10-14H,4-5,7,9,15-16H2,1-3H3,(H,27,31). The van der Waals surface area contributed by atoms with Gasteiger partial charge >= 0.3 is 5.97 Å². The number of benzene rings is 2. The summed E-state index contributed by atoms with van der Waals surface area (Å²) in [5.74, 6) is -0.339. The Hall–Kier alpha value is -3.41. The molecule has 0 atom stereocenters. The zero-order chi connectivity index (χ0) is 22.7. The fraction of sp³-hybridized carbons (Fsp3) is 0.346. The van der Waals surface area contributed by atoms with Crippen LogP contribution in [0.4, 0.5) is 5.69 Å². The molecule has 1 aliphatic carbocycles. The number of esters is 1. The number of aromatic nitrogens is 2. The van der Waals surface area contributed by atoms with Crippen LogP contribution in [0.25, 0.3) is 5.69 Å². The predicted molar refractivity (Wildman–Crippen MR) is 124 cm³/mol. The van der Waals surface area contributed by atoms with Gasteiger partial charge in [-0.05, 0) is 93.0 Å². The largest absolute Gasteiger partial charge is 0.469 e. The summed E-state index contributed by atoms with van der Waals surface area (Å²) >= 11 is 0. The lowest BCUT2D eigenvalue weighted by Crippen LogP contribution is -2.15. The van der Waals surface area contributed by atoms with Gasteiger partial charge in [-0.2, -0.15) is 5.10 Å². The van der Waals surface area contributed by atoms with Gasteiger partial charge in [0.1, 0.15) is 0 Å². The molecule has 3 aromatic rings. The van der Waals surface area contributed by atoms with Crippen molar-refractivity contribution in [1.82, 2.24) is 9.78 Å². The topological polar surface area (TPSA) is 73.2 Å². The van der Waals surface area contributed by atoms with Gasteiger partial charge in [-0.3, -0.25) is 9.59 Å². The maximum Gasteiger partial charge on any atom is 0.305 e. The lowest BCUT2D eigenvalue weighted by atomic mass is 9.90. The fourth-order valence-electron chi connectivity index (χ4n) is 4.46. The number of hydrogen-bond donors (Lipinski definition) is 1. The van der Waals surface area contributed by atoms with E-state index in [1.165, 1.54) is 31.1 Å². The minimum absolute atomic E-state index is 0.109. The normalized spacial score (nSPS) is 12.8. The van der Waals surface area contributed by atoms with Gasteiger partial charge in [-0.1, -0.05) is 12.1 Å². The van der Waals surface area contributed by atoms with Gasteiger partial charge in [0.15, 0.2) is 0 Å². The van der Waals surface area contributed by atoms with Crippen molar-refractivity contribution >= 4 is 17.6 Å². The zero-order valence-corrected chi connectivity index (χ0v) is 18.9. The number of carbonyl (C=O) groups is 2. The number of carbonyl (C=O) groups excluding carboxylic acids is 2. The van der Waals surface area contributed by atoms with Crippen molar-refractivity contribution in [1.29, 1.82) is 0 Å². The molecule has 0 saturated carbocycles. The summed E-state index contributed by atoms with van der Waals surface area (Å²) < 4.78 is 6.61. The first kappa shape index (κ1) is 21.8. The van der Waals surface area contributed by atoms with E-state index in [9.17, 15) is 9.59 Å². The summed E-state index contributed by atoms with van der Waals surface area (Å²) in [6, 6.07) is 13.6. The molecule has 0 spiro atoms. The van der Waals surface area contributed by atoms with Crippen LogP contribution in [0.1, 0.15) is 57.7 Å². The smallest absolute Gasteiger partial charge is 0.305 e. The number of hydrogen-bond acceptors (Lipinski definition) is 4. The third-order valence-electron chi connectivity index (χ3n) is 6.27. The summed E-state index contributed by atoms with van der Waals surface area (Å²) in [4.78, 5) is 24.4. The molecule has 1 aliphatic rings. The lowest BCUT2D eigenvalue weighted by Gasteiger charge is -2.19. The molecule has 1 aromatic heterocycles. The van der Waals surface area contributed by atoms with Crippen LogP contribution in [0.5, 0.6) is 0 Å². The molecule has 1 amide bonds. The molecule has 6 nitrogen and oxygen atoms in total. The number of nitrogens with one attached hydrogen (secondary N) is 1. The highest BCUT2D eigenvalue weighted by molar-refractivity contribution is 6.04. The van der Waals surface area contributed by atoms with Crippen LogP contribution in [0.2, 0.25) is 0 Å². The van der Waals surface area contributed by atoms with Crippen LogP contribution in [0.3, 0.4) is 0 Å². The minimum Gasteiger partial charge on any atom is -0.469 e. The van der Waals surface area contributed by atoms with Crippen molar-refractivity contribution in [2.45, 2.75) is 52.4 Å². The fourth-order valence-corrected chi connectivity index (χ4v) is 4.46. The number of fused-ring (bicyclic) bond motifs is 1. The van der Waals surface area contributed by atoms with Crippen LogP contribution in [0.15, 0.2) is 42.5 Å². The molecule has 1 heterocycles. The van der Waals surface area contributed by atoms with E-state index in [1.54, 1.807) is 0 Å². The Morgan fingerprint density at radius 3 is 2.56 bits per heavy atom. The first-order valence-electron chi connectivity index (χ1n) is 11.1. The quantitative estimate of drug-likeness (QED) is 0.573. The second-order valence-corrected chi connectivity index (χ2v) is 8.29. The first-order valence-corrected chi connectivity index (χ1v) is 11.1. The Bertz CT molecular complexity index is 1150. The number of aryl methyl sites for hydroxylation is 2. The number of ether oxygens (including phenoxy) is 1. The Morgan fingerprint density at radius 2 is 1.81 bits per heavy atom. The average molecular weight is 432 g/mol. The van der Waals surface area contributed by atoms with E-state index >= 15 is 0 Å². The Morgan fingerprint density at radius 1 is 1.06 bits per heavy atom. The SMILES string of the molecule is COC(=O)CCc1c(C)nn(-c2ccc(C(=O)Nc3cccc4c3CCCC4)cc2)c1C. The molecule has 2 aromatic carbocycles. The van der Waals surface area contributed by atoms with Crippen molar-refractivity contribution in [3.05, 3.63) is 76.1 Å². The van der Waals surface area contributed by atoms with Crippen LogP contribution >= 0.6 is 0 Å². The van der Waals surface area contributed by atoms with Crippen molar-refractivity contribution in [3.8, 4) is 5.69 Å². The highest BCUT2D eigenvalue weighted by atomic mass is 16.5. The van der Waals surface area contributed by atoms with E-state index in [4.69, 9.17) is 4.74 Å². The zero-order valence-electron chi connectivity index (χ0n) is 18.9. The third kappa shape index (κ3) is 4.44. The molecule has 0 aliphatic heterocycles. The first-order chi connectivity index (χ1) is 15.5. The lowest BCUT2D eigenvalue weighted by molar-refractivity contribution is -0.140. The molecule has 0 radical (unpaired) electrons. The van der Waals surface area contributed by atoms with Crippen molar-refractivity contribution < 1.29 is 14.3 Å². The maximum absolute atomic E-state index is 12.9. The minimum atomic E-state index is -0.230. The number of methoxy groups -OCH3 is 1. The van der Waals surface area contributed by atoms with Gasteiger partial charge in [0.05, 0.1) is 18.5 Å². The molecule has 0 unspecified atom stereocenters. The highest BCUT2D eigenvalue weighted by Crippen LogP contribution is 2.28. The molecule has 6 heteroatoms. The summed E-state index contributed by atoms with van der Waals surface area (Å²) in [6.07, 6.45) is 5.39. The molecule has 4 rings (SSSR count). The second kappa shape index (κ2) is 9.39. The van der Waals surface area contributed by atoms with Gasteiger partial charge in [0.2, 0.25) is 0 Å². The van der Waals surface area contributed by atoms with Gasteiger partial charge in [0, 0.05) is 23.4 Å². The Labute approximate surface area is 188 Å². The summed E-state index contributed by atoms with van der Waals surface area (Å²) in [5.41, 5.74) is 7.94. The van der Waals surface area contributed by atoms with Crippen LogP contribution in [-0.2, 0) is 28.8 Å². The molecular formula is C26H29N3O3. The van der Waals surface area contributed by atoms with Gasteiger partial charge in [-0.15, -0.1) is 0 Å². The summed E-state index contributed by atoms with van der Waals surface area (Å²) in [6.45, 7) is 3.93. The monoisotopic (exact) mass is 431 g/mol. The predicted octanol–water partition coefficient (Wildman–Crippen LogP) is 4.73. The molecule has 166 valence electrons. The number of nitrogens with zero attached hydrogens (tertiary/aromatic N) is 2. The van der Waals surface area contributed by atoms with Crippen LogP contribution < -0.4 is 5.32 Å². The highest BCUT2D eigenvalue weighted by Gasteiger charge is 2.17. The maximum atomic E-state index is 12.9. The Kier molecular flexibility index (Phi) is 6.40. The van der Waals surface area contributed by atoms with Crippen molar-refractivity contribution in [2.75, 3.05) is 12.4 Å². The molecule has 0 saturated heterocycles. The average Bonchev–Trinajstić information content (AvgIpc) is 3.10. The van der Waals surface area contributed by atoms with Crippen molar-refractivity contribution in [3.63, 3.8) is 0 Å². The van der Waals surface area contributed by atoms with Crippen LogP contribution in [-0.4, -0.2) is 28.8 Å². The van der Waals surface area contributed by atoms with Crippen LogP contribution in [0, 0.1) is 13.8 Å². The van der Waals surface area contributed by atoms with Gasteiger partial charge in [-0.25, -0.2) is 4.68 Å². The number of anilines is 1. The van der Waals surface area contributed by atoms with E-state index < -0.39 is 0 Å². The van der Waals surface area contributed by atoms with E-state index in [2.05, 4.69) is 16.5 Å². The molecule has 0 bridgehead atoms. The second-order valence-electron chi connectivity index (χ2n) is 8.29.